The number of hydrogen-bond acceptors (Lipinski definition) is 6. The molecule has 1 aliphatic rings. The van der Waals surface area contributed by atoms with Crippen molar-refractivity contribution >= 4 is 5.95 Å². The van der Waals surface area contributed by atoms with Gasteiger partial charge in [-0.25, -0.2) is 23.7 Å². The van der Waals surface area contributed by atoms with Gasteiger partial charge in [-0.05, 0) is 29.8 Å². The number of nitrogens with zero attached hydrogens (tertiary/aromatic N) is 6. The Labute approximate surface area is 160 Å². The molecule has 1 fully saturated rings. The largest absolute Gasteiger partial charge is 0.332 e. The van der Waals surface area contributed by atoms with Crippen LogP contribution in [0.25, 0.3) is 11.1 Å². The molecular weight excluding hydrogens is 362 g/mol. The Bertz CT molecular complexity index is 1040. The summed E-state index contributed by atoms with van der Waals surface area (Å²) in [5.74, 6) is -0.131. The van der Waals surface area contributed by atoms with E-state index in [0.717, 1.165) is 5.56 Å². The standard InChI is InChI=1S/C20H16F2N6/c1-28(20(8-15(21)9-20)18-17(22)3-2-5-25-18)19-26-11-14(12-27-19)13-4-6-24-16(7-13)10-23/h2-7,11-12,15H,8-9H2,1H3. The quantitative estimate of drug-likeness (QED) is 0.692. The Morgan fingerprint density at radius 3 is 2.50 bits per heavy atom. The molecule has 6 nitrogen and oxygen atoms in total. The predicted octanol–water partition coefficient (Wildman–Crippen LogP) is 3.41. The summed E-state index contributed by atoms with van der Waals surface area (Å²) >= 11 is 0. The molecule has 3 heterocycles. The molecule has 0 saturated heterocycles. The third-order valence-electron chi connectivity index (χ3n) is 5.11. The maximum absolute atomic E-state index is 14.4. The zero-order chi connectivity index (χ0) is 19.7. The first-order chi connectivity index (χ1) is 13.5. The van der Waals surface area contributed by atoms with Gasteiger partial charge in [-0.3, -0.25) is 4.98 Å². The fourth-order valence-electron chi connectivity index (χ4n) is 3.53. The van der Waals surface area contributed by atoms with Crippen LogP contribution in [0.4, 0.5) is 14.7 Å². The van der Waals surface area contributed by atoms with E-state index >= 15 is 0 Å². The van der Waals surface area contributed by atoms with E-state index in [9.17, 15) is 8.78 Å². The lowest BCUT2D eigenvalue weighted by molar-refractivity contribution is 0.0860. The first kappa shape index (κ1) is 17.9. The van der Waals surface area contributed by atoms with E-state index in [4.69, 9.17) is 5.26 Å². The molecule has 0 amide bonds. The molecule has 0 unspecified atom stereocenters. The third-order valence-corrected chi connectivity index (χ3v) is 5.11. The van der Waals surface area contributed by atoms with Crippen LogP contribution in [0.2, 0.25) is 0 Å². The van der Waals surface area contributed by atoms with Gasteiger partial charge in [0.15, 0.2) is 0 Å². The molecule has 0 N–H and O–H groups in total. The first-order valence-electron chi connectivity index (χ1n) is 8.71. The maximum atomic E-state index is 14.4. The number of hydrogen-bond donors (Lipinski definition) is 0. The van der Waals surface area contributed by atoms with Crippen molar-refractivity contribution in [3.8, 4) is 17.2 Å². The Kier molecular flexibility index (Phi) is 4.43. The topological polar surface area (TPSA) is 78.6 Å². The third kappa shape index (κ3) is 2.95. The second kappa shape index (κ2) is 6.93. The highest BCUT2D eigenvalue weighted by atomic mass is 19.1. The zero-order valence-corrected chi connectivity index (χ0v) is 15.0. The summed E-state index contributed by atoms with van der Waals surface area (Å²) in [7, 11) is 1.72. The molecule has 0 bridgehead atoms. The van der Waals surface area contributed by atoms with Crippen LogP contribution in [0.15, 0.2) is 49.1 Å². The van der Waals surface area contributed by atoms with Crippen LogP contribution < -0.4 is 4.90 Å². The van der Waals surface area contributed by atoms with Crippen LogP contribution >= 0.6 is 0 Å². The lowest BCUT2D eigenvalue weighted by Gasteiger charge is -2.49. The van der Waals surface area contributed by atoms with E-state index in [2.05, 4.69) is 19.9 Å². The Balaban J connectivity index is 1.66. The summed E-state index contributed by atoms with van der Waals surface area (Å²) in [5, 5.41) is 8.98. The molecule has 3 aromatic heterocycles. The predicted molar refractivity (Wildman–Crippen MR) is 98.4 cm³/mol. The number of nitriles is 1. The second-order valence-electron chi connectivity index (χ2n) is 6.74. The van der Waals surface area contributed by atoms with E-state index < -0.39 is 17.5 Å². The second-order valence-corrected chi connectivity index (χ2v) is 6.74. The molecule has 0 spiro atoms. The average molecular weight is 378 g/mol. The fraction of sp³-hybridized carbons (Fsp3) is 0.250. The minimum absolute atomic E-state index is 0.123. The minimum Gasteiger partial charge on any atom is -0.332 e. The smallest absolute Gasteiger partial charge is 0.225 e. The number of aromatic nitrogens is 4. The molecular formula is C20H16F2N6. The lowest BCUT2D eigenvalue weighted by atomic mass is 9.71. The van der Waals surface area contributed by atoms with Gasteiger partial charge in [0.05, 0.1) is 5.54 Å². The van der Waals surface area contributed by atoms with Gasteiger partial charge in [0.2, 0.25) is 5.95 Å². The van der Waals surface area contributed by atoms with Crippen molar-refractivity contribution in [1.29, 1.82) is 5.26 Å². The molecule has 4 rings (SSSR count). The van der Waals surface area contributed by atoms with Crippen molar-refractivity contribution < 1.29 is 8.78 Å². The van der Waals surface area contributed by atoms with Gasteiger partial charge in [-0.2, -0.15) is 5.26 Å². The van der Waals surface area contributed by atoms with E-state index in [1.165, 1.54) is 18.3 Å². The average Bonchev–Trinajstić information content (AvgIpc) is 2.71. The highest BCUT2D eigenvalue weighted by Gasteiger charge is 2.52. The van der Waals surface area contributed by atoms with Gasteiger partial charge in [0.25, 0.3) is 0 Å². The van der Waals surface area contributed by atoms with Gasteiger partial charge in [0.1, 0.15) is 29.4 Å². The monoisotopic (exact) mass is 378 g/mol. The van der Waals surface area contributed by atoms with Crippen molar-refractivity contribution in [3.05, 3.63) is 66.3 Å². The fourth-order valence-corrected chi connectivity index (χ4v) is 3.53. The van der Waals surface area contributed by atoms with E-state index in [0.29, 0.717) is 17.2 Å². The van der Waals surface area contributed by atoms with Crippen LogP contribution in [-0.4, -0.2) is 33.2 Å². The number of anilines is 1. The van der Waals surface area contributed by atoms with E-state index in [-0.39, 0.29) is 18.5 Å². The maximum Gasteiger partial charge on any atom is 0.225 e. The summed E-state index contributed by atoms with van der Waals surface area (Å²) in [5.41, 5.74) is 1.06. The molecule has 1 aliphatic carbocycles. The molecule has 0 radical (unpaired) electrons. The van der Waals surface area contributed by atoms with Crippen molar-refractivity contribution in [2.75, 3.05) is 11.9 Å². The number of pyridine rings is 2. The minimum atomic E-state index is -1.02. The van der Waals surface area contributed by atoms with Gasteiger partial charge < -0.3 is 4.90 Å². The van der Waals surface area contributed by atoms with Crippen molar-refractivity contribution in [1.82, 2.24) is 19.9 Å². The van der Waals surface area contributed by atoms with E-state index in [1.54, 1.807) is 42.7 Å². The van der Waals surface area contributed by atoms with Gasteiger partial charge >= 0.3 is 0 Å². The first-order valence-corrected chi connectivity index (χ1v) is 8.71. The van der Waals surface area contributed by atoms with Crippen molar-refractivity contribution in [3.63, 3.8) is 0 Å². The van der Waals surface area contributed by atoms with Crippen LogP contribution in [0, 0.1) is 17.1 Å². The molecule has 0 aromatic carbocycles. The molecule has 1 saturated carbocycles. The Hall–Kier alpha value is -3.47. The summed E-state index contributed by atoms with van der Waals surface area (Å²) in [4.78, 5) is 18.5. The van der Waals surface area contributed by atoms with Crippen LogP contribution in [-0.2, 0) is 5.54 Å². The van der Waals surface area contributed by atoms with Gasteiger partial charge in [0, 0.05) is 50.2 Å². The van der Waals surface area contributed by atoms with Gasteiger partial charge in [-0.1, -0.05) is 0 Å². The number of alkyl halides is 1. The van der Waals surface area contributed by atoms with Crippen molar-refractivity contribution in [2.45, 2.75) is 24.6 Å². The summed E-state index contributed by atoms with van der Waals surface area (Å²) in [6, 6.07) is 8.22. The normalized spacial score (nSPS) is 20.9. The highest BCUT2D eigenvalue weighted by Crippen LogP contribution is 2.48. The molecule has 0 aliphatic heterocycles. The van der Waals surface area contributed by atoms with Crippen LogP contribution in [0.3, 0.4) is 0 Å². The Morgan fingerprint density at radius 1 is 1.11 bits per heavy atom. The molecule has 140 valence electrons. The molecule has 8 heteroatoms. The zero-order valence-electron chi connectivity index (χ0n) is 15.0. The lowest BCUT2D eigenvalue weighted by Crippen LogP contribution is -2.56. The summed E-state index contributed by atoms with van der Waals surface area (Å²) in [6.45, 7) is 0. The number of rotatable bonds is 4. The molecule has 28 heavy (non-hydrogen) atoms. The SMILES string of the molecule is CN(c1ncc(-c2ccnc(C#N)c2)cn1)C1(c2ncccc2F)CC(F)C1. The molecule has 0 atom stereocenters. The highest BCUT2D eigenvalue weighted by molar-refractivity contribution is 5.63. The molecule has 3 aromatic rings. The summed E-state index contributed by atoms with van der Waals surface area (Å²) < 4.78 is 28.2. The van der Waals surface area contributed by atoms with Crippen LogP contribution in [0.5, 0.6) is 0 Å². The Morgan fingerprint density at radius 2 is 1.86 bits per heavy atom. The van der Waals surface area contributed by atoms with Crippen molar-refractivity contribution in [2.24, 2.45) is 0 Å². The summed E-state index contributed by atoms with van der Waals surface area (Å²) in [6.07, 6.45) is 5.50. The van der Waals surface area contributed by atoms with E-state index in [1.807, 2.05) is 6.07 Å². The number of halogens is 2. The van der Waals surface area contributed by atoms with Crippen LogP contribution in [0.1, 0.15) is 24.2 Å². The van der Waals surface area contributed by atoms with Gasteiger partial charge in [-0.15, -0.1) is 0 Å².